The van der Waals surface area contributed by atoms with Gasteiger partial charge in [0.25, 0.3) is 0 Å². The van der Waals surface area contributed by atoms with E-state index in [0.29, 0.717) is 6.61 Å². The topological polar surface area (TPSA) is 65.0 Å². The lowest BCUT2D eigenvalue weighted by atomic mass is 10.3. The fourth-order valence-corrected chi connectivity index (χ4v) is 0.661. The smallest absolute Gasteiger partial charge is 0.363 e. The fraction of sp³-hybridized carbons (Fsp3) is 0.667. The number of oxime groups is 1. The third-order valence-electron chi connectivity index (χ3n) is 1.46. The van der Waals surface area contributed by atoms with E-state index in [1.54, 1.807) is 0 Å². The van der Waals surface area contributed by atoms with Gasteiger partial charge < -0.3 is 9.57 Å². The van der Waals surface area contributed by atoms with Crippen molar-refractivity contribution in [3.05, 3.63) is 0 Å². The molecule has 0 saturated heterocycles. The molecule has 0 saturated carbocycles. The number of ether oxygens (including phenoxy) is 1. The molecule has 0 atom stereocenters. The SMILES string of the molecule is CCCCON=C(C(C)=O)C(=O)OC. The van der Waals surface area contributed by atoms with Crippen molar-refractivity contribution < 1.29 is 19.2 Å². The van der Waals surface area contributed by atoms with Gasteiger partial charge in [0.05, 0.1) is 7.11 Å². The van der Waals surface area contributed by atoms with Gasteiger partial charge in [-0.1, -0.05) is 18.5 Å². The van der Waals surface area contributed by atoms with Crippen molar-refractivity contribution in [2.45, 2.75) is 26.7 Å². The van der Waals surface area contributed by atoms with E-state index in [4.69, 9.17) is 4.84 Å². The van der Waals surface area contributed by atoms with Crippen molar-refractivity contribution in [3.63, 3.8) is 0 Å². The maximum absolute atomic E-state index is 11.0. The third kappa shape index (κ3) is 4.59. The Balaban J connectivity index is 4.20. The van der Waals surface area contributed by atoms with Crippen LogP contribution in [0.3, 0.4) is 0 Å². The first-order valence-electron chi connectivity index (χ1n) is 4.42. The second-order valence-corrected chi connectivity index (χ2v) is 2.67. The summed E-state index contributed by atoms with van der Waals surface area (Å²) in [6.45, 7) is 3.63. The lowest BCUT2D eigenvalue weighted by Crippen LogP contribution is -2.23. The van der Waals surface area contributed by atoms with E-state index in [-0.39, 0.29) is 5.71 Å². The summed E-state index contributed by atoms with van der Waals surface area (Å²) >= 11 is 0. The minimum atomic E-state index is -0.769. The Morgan fingerprint density at radius 3 is 2.43 bits per heavy atom. The predicted octanol–water partition coefficient (Wildman–Crippen LogP) is 0.921. The van der Waals surface area contributed by atoms with E-state index in [2.05, 4.69) is 9.89 Å². The number of rotatable bonds is 6. The van der Waals surface area contributed by atoms with Gasteiger partial charge in [-0.3, -0.25) is 4.79 Å². The monoisotopic (exact) mass is 201 g/mol. The predicted molar refractivity (Wildman–Crippen MR) is 51.0 cm³/mol. The Morgan fingerprint density at radius 2 is 2.00 bits per heavy atom. The van der Waals surface area contributed by atoms with E-state index in [1.165, 1.54) is 14.0 Å². The summed E-state index contributed by atoms with van der Waals surface area (Å²) < 4.78 is 4.36. The summed E-state index contributed by atoms with van der Waals surface area (Å²) in [5.41, 5.74) is -0.302. The van der Waals surface area contributed by atoms with Crippen LogP contribution < -0.4 is 0 Å². The Kier molecular flexibility index (Phi) is 6.36. The number of carbonyl (C=O) groups excluding carboxylic acids is 2. The molecule has 0 heterocycles. The summed E-state index contributed by atoms with van der Waals surface area (Å²) in [5.74, 6) is -1.23. The van der Waals surface area contributed by atoms with Crippen LogP contribution in [0.5, 0.6) is 0 Å². The molecule has 5 nitrogen and oxygen atoms in total. The van der Waals surface area contributed by atoms with Crippen LogP contribution >= 0.6 is 0 Å². The first-order chi connectivity index (χ1) is 6.63. The van der Waals surface area contributed by atoms with Gasteiger partial charge >= 0.3 is 5.97 Å². The number of carbonyl (C=O) groups is 2. The highest BCUT2D eigenvalue weighted by molar-refractivity contribution is 6.63. The highest BCUT2D eigenvalue weighted by Gasteiger charge is 2.17. The average molecular weight is 201 g/mol. The van der Waals surface area contributed by atoms with Crippen molar-refractivity contribution in [1.29, 1.82) is 0 Å². The molecule has 0 N–H and O–H groups in total. The second-order valence-electron chi connectivity index (χ2n) is 2.67. The number of Topliss-reactive ketones (excluding diaryl/α,β-unsaturated/α-hetero) is 1. The lowest BCUT2D eigenvalue weighted by molar-refractivity contribution is -0.133. The van der Waals surface area contributed by atoms with Gasteiger partial charge in [-0.25, -0.2) is 4.79 Å². The number of hydrogen-bond donors (Lipinski definition) is 0. The Labute approximate surface area is 83.1 Å². The van der Waals surface area contributed by atoms with Crippen LogP contribution in [0.2, 0.25) is 0 Å². The van der Waals surface area contributed by atoms with Gasteiger partial charge in [0, 0.05) is 6.92 Å². The van der Waals surface area contributed by atoms with Gasteiger partial charge in [0.2, 0.25) is 5.71 Å². The highest BCUT2D eigenvalue weighted by atomic mass is 16.6. The van der Waals surface area contributed by atoms with Crippen molar-refractivity contribution in [3.8, 4) is 0 Å². The molecule has 5 heteroatoms. The van der Waals surface area contributed by atoms with E-state index in [1.807, 2.05) is 6.92 Å². The highest BCUT2D eigenvalue weighted by Crippen LogP contribution is 1.92. The van der Waals surface area contributed by atoms with E-state index in [0.717, 1.165) is 12.8 Å². The fourth-order valence-electron chi connectivity index (χ4n) is 0.661. The van der Waals surface area contributed by atoms with E-state index in [9.17, 15) is 9.59 Å². The standard InChI is InChI=1S/C9H15NO4/c1-4-5-6-14-10-8(7(2)11)9(12)13-3/h4-6H2,1-3H3. The van der Waals surface area contributed by atoms with Crippen molar-refractivity contribution >= 4 is 17.5 Å². The Morgan fingerprint density at radius 1 is 1.36 bits per heavy atom. The summed E-state index contributed by atoms with van der Waals surface area (Å²) in [7, 11) is 1.19. The Bertz CT molecular complexity index is 235. The van der Waals surface area contributed by atoms with Gasteiger partial charge in [-0.2, -0.15) is 0 Å². The van der Waals surface area contributed by atoms with Gasteiger partial charge in [-0.15, -0.1) is 0 Å². The molecule has 0 amide bonds. The molecule has 0 radical (unpaired) electrons. The van der Waals surface area contributed by atoms with Crippen LogP contribution in [0, 0.1) is 0 Å². The molecular weight excluding hydrogens is 186 g/mol. The largest absolute Gasteiger partial charge is 0.464 e. The summed E-state index contributed by atoms with van der Waals surface area (Å²) in [5, 5.41) is 3.42. The molecule has 0 aromatic carbocycles. The van der Waals surface area contributed by atoms with Crippen LogP contribution in [0.15, 0.2) is 5.16 Å². The lowest BCUT2D eigenvalue weighted by Gasteiger charge is -2.00. The van der Waals surface area contributed by atoms with E-state index >= 15 is 0 Å². The summed E-state index contributed by atoms with van der Waals surface area (Å²) in [6, 6.07) is 0. The molecule has 0 unspecified atom stereocenters. The van der Waals surface area contributed by atoms with Crippen LogP contribution in [-0.2, 0) is 19.2 Å². The molecule has 0 aromatic rings. The number of ketones is 1. The Hall–Kier alpha value is -1.39. The minimum Gasteiger partial charge on any atom is -0.464 e. The zero-order valence-corrected chi connectivity index (χ0v) is 8.70. The molecule has 14 heavy (non-hydrogen) atoms. The quantitative estimate of drug-likeness (QED) is 0.211. The minimum absolute atomic E-state index is 0.302. The number of nitrogens with zero attached hydrogens (tertiary/aromatic N) is 1. The molecule has 80 valence electrons. The normalized spacial score (nSPS) is 10.9. The number of unbranched alkanes of at least 4 members (excludes halogenated alkanes) is 1. The molecule has 0 spiro atoms. The van der Waals surface area contributed by atoms with Gasteiger partial charge in [0.15, 0.2) is 5.78 Å². The number of methoxy groups -OCH3 is 1. The van der Waals surface area contributed by atoms with Crippen LogP contribution in [0.25, 0.3) is 0 Å². The van der Waals surface area contributed by atoms with Crippen molar-refractivity contribution in [2.75, 3.05) is 13.7 Å². The van der Waals surface area contributed by atoms with Crippen molar-refractivity contribution in [1.82, 2.24) is 0 Å². The molecule has 0 aliphatic rings. The van der Waals surface area contributed by atoms with Crippen LogP contribution in [0.4, 0.5) is 0 Å². The molecule has 0 aromatic heterocycles. The molecule has 0 rings (SSSR count). The average Bonchev–Trinajstić information content (AvgIpc) is 2.16. The zero-order chi connectivity index (χ0) is 11.0. The first kappa shape index (κ1) is 12.6. The molecular formula is C9H15NO4. The summed E-state index contributed by atoms with van der Waals surface area (Å²) in [6.07, 6.45) is 1.79. The zero-order valence-electron chi connectivity index (χ0n) is 8.70. The van der Waals surface area contributed by atoms with E-state index < -0.39 is 11.8 Å². The molecule has 0 bridgehead atoms. The summed E-state index contributed by atoms with van der Waals surface area (Å²) in [4.78, 5) is 26.6. The maximum atomic E-state index is 11.0. The maximum Gasteiger partial charge on any atom is 0.363 e. The van der Waals surface area contributed by atoms with Crippen LogP contribution in [-0.4, -0.2) is 31.2 Å². The van der Waals surface area contributed by atoms with Gasteiger partial charge in [0.1, 0.15) is 6.61 Å². The second kappa shape index (κ2) is 7.06. The first-order valence-corrected chi connectivity index (χ1v) is 4.42. The van der Waals surface area contributed by atoms with Gasteiger partial charge in [-0.05, 0) is 6.42 Å². The number of hydrogen-bond acceptors (Lipinski definition) is 5. The molecule has 0 fully saturated rings. The van der Waals surface area contributed by atoms with Crippen LogP contribution in [0.1, 0.15) is 26.7 Å². The van der Waals surface area contributed by atoms with Crippen molar-refractivity contribution in [2.24, 2.45) is 5.16 Å². The molecule has 0 aliphatic heterocycles. The third-order valence-corrected chi connectivity index (χ3v) is 1.46. The molecule has 0 aliphatic carbocycles. The number of esters is 1.